The highest BCUT2D eigenvalue weighted by molar-refractivity contribution is 6.33. The van der Waals surface area contributed by atoms with Gasteiger partial charge in [0, 0.05) is 18.3 Å². The second-order valence-electron chi connectivity index (χ2n) is 7.31. The van der Waals surface area contributed by atoms with E-state index in [0.29, 0.717) is 35.3 Å². The fraction of sp³-hybridized carbons (Fsp3) is 0.474. The molecule has 0 radical (unpaired) electrons. The van der Waals surface area contributed by atoms with Crippen LogP contribution in [-0.4, -0.2) is 28.6 Å². The summed E-state index contributed by atoms with van der Waals surface area (Å²) in [5.74, 6) is 0.211. The number of halogens is 1. The summed E-state index contributed by atoms with van der Waals surface area (Å²) in [6, 6.07) is 5.27. The van der Waals surface area contributed by atoms with E-state index in [1.54, 1.807) is 12.1 Å². The van der Waals surface area contributed by atoms with Crippen LogP contribution in [0, 0.1) is 6.92 Å². The van der Waals surface area contributed by atoms with Gasteiger partial charge in [0.2, 0.25) is 5.89 Å². The van der Waals surface area contributed by atoms with E-state index < -0.39 is 11.9 Å². The van der Waals surface area contributed by atoms with Gasteiger partial charge in [0.1, 0.15) is 0 Å². The van der Waals surface area contributed by atoms with Gasteiger partial charge in [0.05, 0.1) is 10.7 Å². The number of benzene rings is 1. The average molecular weight is 394 g/mol. The van der Waals surface area contributed by atoms with Gasteiger partial charge in [-0.2, -0.15) is 4.98 Å². The number of aromatic nitrogens is 2. The number of hydrogen-bond acceptors (Lipinski definition) is 6. The quantitative estimate of drug-likeness (QED) is 0.718. The molecular formula is C19H24ClN3O4. The molecule has 27 heavy (non-hydrogen) atoms. The van der Waals surface area contributed by atoms with Crippen LogP contribution in [0.15, 0.2) is 22.7 Å². The fourth-order valence-electron chi connectivity index (χ4n) is 2.17. The van der Waals surface area contributed by atoms with E-state index >= 15 is 0 Å². The van der Waals surface area contributed by atoms with Crippen molar-refractivity contribution in [2.45, 2.75) is 52.4 Å². The van der Waals surface area contributed by atoms with E-state index in [4.69, 9.17) is 20.9 Å². The highest BCUT2D eigenvalue weighted by atomic mass is 35.5. The third-order valence-electron chi connectivity index (χ3n) is 3.67. The predicted molar refractivity (Wildman–Crippen MR) is 102 cm³/mol. The topological polar surface area (TPSA) is 94.3 Å². The molecule has 8 heteroatoms. The first kappa shape index (κ1) is 20.9. The molecule has 2 aromatic rings. The first-order valence-corrected chi connectivity index (χ1v) is 9.07. The zero-order chi connectivity index (χ0) is 20.0. The molecule has 0 spiro atoms. The minimum absolute atomic E-state index is 0.159. The van der Waals surface area contributed by atoms with Crippen molar-refractivity contribution in [1.82, 2.24) is 10.1 Å². The summed E-state index contributed by atoms with van der Waals surface area (Å²) >= 11 is 6.05. The van der Waals surface area contributed by atoms with Crippen molar-refractivity contribution in [3.8, 4) is 0 Å². The fourth-order valence-corrected chi connectivity index (χ4v) is 2.45. The van der Waals surface area contributed by atoms with Crippen molar-refractivity contribution in [3.05, 3.63) is 40.5 Å². The minimum Gasteiger partial charge on any atom is -0.456 e. The molecule has 0 atom stereocenters. The zero-order valence-electron chi connectivity index (χ0n) is 16.0. The van der Waals surface area contributed by atoms with E-state index in [1.165, 1.54) is 0 Å². The highest BCUT2D eigenvalue weighted by Crippen LogP contribution is 2.22. The van der Waals surface area contributed by atoms with Gasteiger partial charge in [-0.05, 0) is 31.0 Å². The molecule has 0 aliphatic rings. The molecule has 0 aliphatic heterocycles. The largest absolute Gasteiger partial charge is 0.456 e. The lowest BCUT2D eigenvalue weighted by Crippen LogP contribution is -2.21. The van der Waals surface area contributed by atoms with Crippen LogP contribution in [0.1, 0.15) is 50.9 Å². The number of hydrogen-bond donors (Lipinski definition) is 1. The van der Waals surface area contributed by atoms with Crippen molar-refractivity contribution >= 4 is 29.2 Å². The number of amides is 1. The molecular weight excluding hydrogens is 370 g/mol. The van der Waals surface area contributed by atoms with Crippen LogP contribution in [0.25, 0.3) is 0 Å². The monoisotopic (exact) mass is 393 g/mol. The lowest BCUT2D eigenvalue weighted by molar-refractivity contribution is -0.147. The van der Waals surface area contributed by atoms with Crippen molar-refractivity contribution in [1.29, 1.82) is 0 Å². The normalized spacial score (nSPS) is 11.3. The third-order valence-corrected chi connectivity index (χ3v) is 3.99. The summed E-state index contributed by atoms with van der Waals surface area (Å²) in [6.45, 7) is 7.52. The molecule has 1 N–H and O–H groups in total. The maximum Gasteiger partial charge on any atom is 0.306 e. The van der Waals surface area contributed by atoms with E-state index in [-0.39, 0.29) is 18.4 Å². The van der Waals surface area contributed by atoms with Crippen molar-refractivity contribution in [2.75, 3.05) is 11.9 Å². The number of esters is 1. The van der Waals surface area contributed by atoms with Crippen molar-refractivity contribution in [2.24, 2.45) is 0 Å². The van der Waals surface area contributed by atoms with Gasteiger partial charge in [0.25, 0.3) is 5.91 Å². The molecule has 2 rings (SSSR count). The van der Waals surface area contributed by atoms with Gasteiger partial charge >= 0.3 is 5.97 Å². The number of aryl methyl sites for hydroxylation is 2. The second kappa shape index (κ2) is 8.99. The zero-order valence-corrected chi connectivity index (χ0v) is 16.7. The maximum atomic E-state index is 11.9. The number of carbonyl (C=O) groups is 2. The number of nitrogens with zero attached hydrogens (tertiary/aromatic N) is 2. The Morgan fingerprint density at radius 3 is 2.67 bits per heavy atom. The molecule has 0 fully saturated rings. The molecule has 0 saturated carbocycles. The van der Waals surface area contributed by atoms with Gasteiger partial charge < -0.3 is 14.6 Å². The van der Waals surface area contributed by atoms with Gasteiger partial charge in [-0.15, -0.1) is 0 Å². The average Bonchev–Trinajstić information content (AvgIpc) is 3.05. The van der Waals surface area contributed by atoms with Crippen LogP contribution < -0.4 is 5.32 Å². The molecule has 1 aromatic heterocycles. The van der Waals surface area contributed by atoms with Crippen molar-refractivity contribution < 1.29 is 18.8 Å². The Labute approximate surface area is 163 Å². The van der Waals surface area contributed by atoms with Crippen LogP contribution in [0.2, 0.25) is 5.02 Å². The van der Waals surface area contributed by atoms with Crippen LogP contribution in [0.4, 0.5) is 5.69 Å². The molecule has 7 nitrogen and oxygen atoms in total. The van der Waals surface area contributed by atoms with Crippen molar-refractivity contribution in [3.63, 3.8) is 0 Å². The molecule has 1 aromatic carbocycles. The maximum absolute atomic E-state index is 11.9. The lowest BCUT2D eigenvalue weighted by atomic mass is 9.96. The standard InChI is InChI=1S/C19H24ClN3O4/c1-12-8-9-14(13(20)10-12)21-15(24)11-26-17(25)7-5-6-16-22-18(23-27-16)19(2,3)4/h8-10H,5-7,11H2,1-4H3,(H,21,24). The molecule has 1 heterocycles. The molecule has 0 bridgehead atoms. The third kappa shape index (κ3) is 6.67. The summed E-state index contributed by atoms with van der Waals surface area (Å²) in [6.07, 6.45) is 1.13. The van der Waals surface area contributed by atoms with E-state index in [0.717, 1.165) is 5.56 Å². The Morgan fingerprint density at radius 2 is 2.04 bits per heavy atom. The van der Waals surface area contributed by atoms with E-state index in [9.17, 15) is 9.59 Å². The summed E-state index contributed by atoms with van der Waals surface area (Å²) in [7, 11) is 0. The summed E-state index contributed by atoms with van der Waals surface area (Å²) in [5, 5.41) is 6.98. The molecule has 146 valence electrons. The molecule has 0 saturated heterocycles. The Balaban J connectivity index is 1.70. The Bertz CT molecular complexity index is 812. The van der Waals surface area contributed by atoms with Gasteiger partial charge in [-0.1, -0.05) is 43.6 Å². The Kier molecular flexibility index (Phi) is 6.96. The van der Waals surface area contributed by atoms with Crippen LogP contribution in [0.5, 0.6) is 0 Å². The van der Waals surface area contributed by atoms with Crippen LogP contribution >= 0.6 is 11.6 Å². The SMILES string of the molecule is Cc1ccc(NC(=O)COC(=O)CCCc2nc(C(C)(C)C)no2)c(Cl)c1. The van der Waals surface area contributed by atoms with Gasteiger partial charge in [-0.3, -0.25) is 9.59 Å². The first-order chi connectivity index (χ1) is 12.6. The van der Waals surface area contributed by atoms with Gasteiger partial charge in [0.15, 0.2) is 12.4 Å². The minimum atomic E-state index is -0.462. The smallest absolute Gasteiger partial charge is 0.306 e. The summed E-state index contributed by atoms with van der Waals surface area (Å²) < 4.78 is 10.1. The Morgan fingerprint density at radius 1 is 1.30 bits per heavy atom. The van der Waals surface area contributed by atoms with Gasteiger partial charge in [-0.25, -0.2) is 0 Å². The number of ether oxygens (including phenoxy) is 1. The summed E-state index contributed by atoms with van der Waals surface area (Å²) in [4.78, 5) is 27.9. The Hall–Kier alpha value is -2.41. The van der Waals surface area contributed by atoms with E-state index in [2.05, 4.69) is 15.5 Å². The first-order valence-electron chi connectivity index (χ1n) is 8.70. The van der Waals surface area contributed by atoms with Crippen LogP contribution in [0.3, 0.4) is 0 Å². The lowest BCUT2D eigenvalue weighted by Gasteiger charge is -2.10. The van der Waals surface area contributed by atoms with Crippen LogP contribution in [-0.2, 0) is 26.2 Å². The number of nitrogens with one attached hydrogen (secondary N) is 1. The number of rotatable bonds is 7. The molecule has 1 amide bonds. The summed E-state index contributed by atoms with van der Waals surface area (Å²) in [5.41, 5.74) is 1.28. The molecule has 0 aliphatic carbocycles. The molecule has 0 unspecified atom stereocenters. The number of anilines is 1. The predicted octanol–water partition coefficient (Wildman–Crippen LogP) is 3.83. The highest BCUT2D eigenvalue weighted by Gasteiger charge is 2.20. The number of carbonyl (C=O) groups excluding carboxylic acids is 2. The van der Waals surface area contributed by atoms with E-state index in [1.807, 2.05) is 33.8 Å². The second-order valence-corrected chi connectivity index (χ2v) is 7.71.